The lowest BCUT2D eigenvalue weighted by Crippen LogP contribution is -3.19. The smallest absolute Gasteiger partial charge is 0.292 e. The molecule has 2 saturated heterocycles. The van der Waals surface area contributed by atoms with E-state index >= 15 is 0 Å². The number of carbonyl (C=O) groups excluding carboxylic acids is 2. The van der Waals surface area contributed by atoms with Crippen LogP contribution in [-0.2, 0) is 19.6 Å². The van der Waals surface area contributed by atoms with E-state index in [0.29, 0.717) is 18.0 Å². The van der Waals surface area contributed by atoms with Crippen molar-refractivity contribution in [3.63, 3.8) is 0 Å². The number of para-hydroxylation sites is 1. The largest absolute Gasteiger partial charge is 0.322 e. The molecule has 1 atom stereocenters. The van der Waals surface area contributed by atoms with Gasteiger partial charge in [-0.2, -0.15) is 4.31 Å². The summed E-state index contributed by atoms with van der Waals surface area (Å²) in [7, 11) is -3.69. The number of nitrogens with zero attached hydrogens (tertiary/aromatic N) is 2. The molecule has 2 aromatic carbocycles. The number of quaternary nitrogens is 1. The van der Waals surface area contributed by atoms with Gasteiger partial charge in [0.2, 0.25) is 15.9 Å². The van der Waals surface area contributed by atoms with Crippen molar-refractivity contribution in [2.75, 3.05) is 31.1 Å². The van der Waals surface area contributed by atoms with E-state index in [0.717, 1.165) is 32.1 Å². The summed E-state index contributed by atoms with van der Waals surface area (Å²) >= 11 is 0. The van der Waals surface area contributed by atoms with Gasteiger partial charge in [-0.1, -0.05) is 18.2 Å². The number of piperazine rings is 1. The van der Waals surface area contributed by atoms with E-state index in [-0.39, 0.29) is 25.2 Å². The third kappa shape index (κ3) is 3.98. The number of rotatable bonds is 4. The van der Waals surface area contributed by atoms with Crippen molar-refractivity contribution in [2.45, 2.75) is 45.1 Å². The number of halogens is 1. The number of imide groups is 1. The lowest BCUT2D eigenvalue weighted by Gasteiger charge is -2.34. The molecule has 0 saturated carbocycles. The molecule has 0 aliphatic carbocycles. The Hall–Kier alpha value is -2.62. The molecule has 7 nitrogen and oxygen atoms in total. The SMILES string of the molecule is Cc1cc(C)c(C)c(S(=O)(=O)N2CC[NH+]([C@H]3CC(=O)N(c4ccccc4F)C3=O)CC2)c1C. The van der Waals surface area contributed by atoms with Crippen molar-refractivity contribution in [2.24, 2.45) is 0 Å². The van der Waals surface area contributed by atoms with Gasteiger partial charge in [-0.05, 0) is 62.1 Å². The zero-order valence-electron chi connectivity index (χ0n) is 19.3. The molecule has 33 heavy (non-hydrogen) atoms. The number of carbonyl (C=O) groups is 2. The van der Waals surface area contributed by atoms with E-state index in [1.807, 2.05) is 33.8 Å². The molecule has 2 aliphatic rings. The highest BCUT2D eigenvalue weighted by Gasteiger charge is 2.48. The number of benzene rings is 2. The third-order valence-corrected chi connectivity index (χ3v) is 9.17. The number of amides is 2. The molecule has 0 bridgehead atoms. The van der Waals surface area contributed by atoms with E-state index in [9.17, 15) is 22.4 Å². The minimum Gasteiger partial charge on any atom is -0.322 e. The first-order valence-corrected chi connectivity index (χ1v) is 12.5. The zero-order valence-corrected chi connectivity index (χ0v) is 20.1. The van der Waals surface area contributed by atoms with Crippen LogP contribution in [0, 0.1) is 33.5 Å². The highest BCUT2D eigenvalue weighted by atomic mass is 32.2. The summed E-state index contributed by atoms with van der Waals surface area (Å²) in [6, 6.07) is 7.09. The van der Waals surface area contributed by atoms with Crippen LogP contribution in [0.25, 0.3) is 0 Å². The summed E-state index contributed by atoms with van der Waals surface area (Å²) in [6.07, 6.45) is -0.00938. The first kappa shape index (κ1) is 23.5. The summed E-state index contributed by atoms with van der Waals surface area (Å²) in [5.41, 5.74) is 3.35. The Morgan fingerprint density at radius 2 is 1.55 bits per heavy atom. The lowest BCUT2D eigenvalue weighted by atomic mass is 10.0. The first-order chi connectivity index (χ1) is 15.5. The van der Waals surface area contributed by atoms with Crippen molar-refractivity contribution in [1.29, 1.82) is 0 Å². The number of sulfonamides is 1. The number of hydrogen-bond donors (Lipinski definition) is 1. The molecule has 0 aromatic heterocycles. The molecule has 2 heterocycles. The van der Waals surface area contributed by atoms with Gasteiger partial charge in [-0.25, -0.2) is 17.7 Å². The van der Waals surface area contributed by atoms with Crippen LogP contribution < -0.4 is 9.80 Å². The average molecular weight is 475 g/mol. The van der Waals surface area contributed by atoms with Crippen LogP contribution in [0.2, 0.25) is 0 Å². The minimum absolute atomic E-state index is 0.00938. The molecule has 0 unspecified atom stereocenters. The second-order valence-electron chi connectivity index (χ2n) is 8.93. The van der Waals surface area contributed by atoms with Gasteiger partial charge in [-0.15, -0.1) is 0 Å². The van der Waals surface area contributed by atoms with Crippen LogP contribution in [0.1, 0.15) is 28.7 Å². The minimum atomic E-state index is -3.69. The molecule has 2 fully saturated rings. The summed E-state index contributed by atoms with van der Waals surface area (Å²) < 4.78 is 42.7. The fraction of sp³-hybridized carbons (Fsp3) is 0.417. The summed E-state index contributed by atoms with van der Waals surface area (Å²) in [5.74, 6) is -1.48. The Morgan fingerprint density at radius 1 is 0.970 bits per heavy atom. The molecule has 2 aromatic rings. The van der Waals surface area contributed by atoms with Gasteiger partial charge in [0, 0.05) is 0 Å². The summed E-state index contributed by atoms with van der Waals surface area (Å²) in [6.45, 7) is 8.78. The Kier molecular flexibility index (Phi) is 6.15. The molecular weight excluding hydrogens is 445 g/mol. The van der Waals surface area contributed by atoms with Gasteiger partial charge in [0.15, 0.2) is 6.04 Å². The van der Waals surface area contributed by atoms with E-state index in [2.05, 4.69) is 0 Å². The third-order valence-electron chi connectivity index (χ3n) is 6.99. The van der Waals surface area contributed by atoms with Gasteiger partial charge in [0.1, 0.15) is 5.82 Å². The second-order valence-corrected chi connectivity index (χ2v) is 10.8. The highest BCUT2D eigenvalue weighted by molar-refractivity contribution is 7.89. The first-order valence-electron chi connectivity index (χ1n) is 11.1. The average Bonchev–Trinajstić information content (AvgIpc) is 3.07. The number of aryl methyl sites for hydroxylation is 2. The van der Waals surface area contributed by atoms with Crippen molar-refractivity contribution in [1.82, 2.24) is 4.31 Å². The molecule has 0 spiro atoms. The van der Waals surface area contributed by atoms with Crippen molar-refractivity contribution in [3.05, 3.63) is 58.4 Å². The van der Waals surface area contributed by atoms with E-state index in [1.165, 1.54) is 22.5 Å². The maximum Gasteiger partial charge on any atom is 0.292 e. The Labute approximate surface area is 193 Å². The quantitative estimate of drug-likeness (QED) is 0.678. The van der Waals surface area contributed by atoms with Crippen molar-refractivity contribution >= 4 is 27.5 Å². The fourth-order valence-corrected chi connectivity index (χ4v) is 6.91. The van der Waals surface area contributed by atoms with Gasteiger partial charge in [0.05, 0.1) is 43.2 Å². The van der Waals surface area contributed by atoms with Crippen LogP contribution >= 0.6 is 0 Å². The molecule has 2 amide bonds. The van der Waals surface area contributed by atoms with Crippen LogP contribution in [-0.4, -0.2) is 56.8 Å². The standard InChI is InChI=1S/C24H28FN3O4S/c1-15-13-16(2)18(4)23(17(15)3)33(31,32)27-11-9-26(10-12-27)21-14-22(29)28(24(21)30)20-8-6-5-7-19(20)25/h5-8,13,21H,9-12,14H2,1-4H3/p+1/t21-/m0/s1. The molecule has 9 heteroatoms. The Morgan fingerprint density at radius 3 is 2.12 bits per heavy atom. The van der Waals surface area contributed by atoms with Crippen LogP contribution in [0.4, 0.5) is 10.1 Å². The number of nitrogens with one attached hydrogen (secondary N) is 1. The predicted octanol–water partition coefficient (Wildman–Crippen LogP) is 1.28. The number of anilines is 1. The maximum atomic E-state index is 14.2. The normalized spacial score (nSPS) is 20.6. The number of hydrogen-bond acceptors (Lipinski definition) is 4. The molecule has 176 valence electrons. The lowest BCUT2D eigenvalue weighted by molar-refractivity contribution is -0.918. The molecular formula is C24H29FN3O4S+. The van der Waals surface area contributed by atoms with Crippen LogP contribution in [0.15, 0.2) is 35.2 Å². The van der Waals surface area contributed by atoms with Gasteiger partial charge < -0.3 is 4.90 Å². The maximum absolute atomic E-state index is 14.2. The molecule has 4 rings (SSSR count). The van der Waals surface area contributed by atoms with Crippen molar-refractivity contribution < 1.29 is 27.3 Å². The Bertz CT molecular complexity index is 1210. The predicted molar refractivity (Wildman–Crippen MR) is 122 cm³/mol. The summed E-state index contributed by atoms with van der Waals surface area (Å²) in [5, 5.41) is 0. The van der Waals surface area contributed by atoms with Crippen LogP contribution in [0.5, 0.6) is 0 Å². The molecule has 0 radical (unpaired) electrons. The van der Waals surface area contributed by atoms with E-state index < -0.39 is 33.7 Å². The summed E-state index contributed by atoms with van der Waals surface area (Å²) in [4.78, 5) is 27.7. The van der Waals surface area contributed by atoms with Crippen molar-refractivity contribution in [3.8, 4) is 0 Å². The van der Waals surface area contributed by atoms with E-state index in [4.69, 9.17) is 0 Å². The van der Waals surface area contributed by atoms with Gasteiger partial charge in [0.25, 0.3) is 5.91 Å². The van der Waals surface area contributed by atoms with Gasteiger partial charge in [-0.3, -0.25) is 9.59 Å². The second kappa shape index (κ2) is 8.62. The molecule has 1 N–H and O–H groups in total. The fourth-order valence-electron chi connectivity index (χ4n) is 4.90. The van der Waals surface area contributed by atoms with Crippen LogP contribution in [0.3, 0.4) is 0 Å². The topological polar surface area (TPSA) is 79.2 Å². The van der Waals surface area contributed by atoms with Gasteiger partial charge >= 0.3 is 0 Å². The molecule has 2 aliphatic heterocycles. The van der Waals surface area contributed by atoms with E-state index in [1.54, 1.807) is 6.07 Å². The highest BCUT2D eigenvalue weighted by Crippen LogP contribution is 2.29. The zero-order chi connectivity index (χ0) is 24.1. The monoisotopic (exact) mass is 474 g/mol. The Balaban J connectivity index is 1.52.